The monoisotopic (exact) mass is 356 g/mol. The van der Waals surface area contributed by atoms with Gasteiger partial charge in [0.1, 0.15) is 0 Å². The van der Waals surface area contributed by atoms with Crippen LogP contribution in [-0.4, -0.2) is 45.5 Å². The lowest BCUT2D eigenvalue weighted by molar-refractivity contribution is -0.385. The number of piperidine rings is 1. The van der Waals surface area contributed by atoms with E-state index in [-0.39, 0.29) is 10.6 Å². The predicted molar refractivity (Wildman–Crippen MR) is 99.9 cm³/mol. The molecule has 2 unspecified atom stereocenters. The number of nitro benzene ring substituents is 1. The van der Waals surface area contributed by atoms with Crippen LogP contribution in [0.25, 0.3) is 0 Å². The van der Waals surface area contributed by atoms with Gasteiger partial charge in [-0.25, -0.2) is 4.98 Å². The van der Waals surface area contributed by atoms with Crippen molar-refractivity contribution in [1.29, 1.82) is 0 Å². The molecule has 1 aromatic heterocycles. The number of rotatable bonds is 4. The highest BCUT2D eigenvalue weighted by atomic mass is 16.6. The molecule has 8 heteroatoms. The highest BCUT2D eigenvalue weighted by Gasteiger charge is 2.29. The minimum Gasteiger partial charge on any atom is -0.352 e. The molecule has 1 aromatic carbocycles. The fourth-order valence-electron chi connectivity index (χ4n) is 3.44. The summed E-state index contributed by atoms with van der Waals surface area (Å²) in [6, 6.07) is 7.11. The molecule has 0 aliphatic carbocycles. The van der Waals surface area contributed by atoms with E-state index in [0.29, 0.717) is 24.1 Å². The molecule has 2 aromatic rings. The Bertz CT molecular complexity index is 774. The van der Waals surface area contributed by atoms with Gasteiger partial charge in [-0.3, -0.25) is 15.1 Å². The van der Waals surface area contributed by atoms with Crippen LogP contribution in [0.15, 0.2) is 48.0 Å². The molecule has 26 heavy (non-hydrogen) atoms. The van der Waals surface area contributed by atoms with Crippen LogP contribution in [0.1, 0.15) is 24.9 Å². The Labute approximate surface area is 152 Å². The normalized spacial score (nSPS) is 20.8. The second kappa shape index (κ2) is 7.99. The van der Waals surface area contributed by atoms with Crippen LogP contribution in [0.5, 0.6) is 0 Å². The number of aromatic nitrogens is 2. The first kappa shape index (κ1) is 17.9. The van der Waals surface area contributed by atoms with Crippen molar-refractivity contribution in [3.63, 3.8) is 0 Å². The van der Waals surface area contributed by atoms with Gasteiger partial charge in [-0.05, 0) is 12.3 Å². The van der Waals surface area contributed by atoms with Crippen molar-refractivity contribution < 1.29 is 4.92 Å². The fraction of sp³-hybridized carbons (Fsp3) is 0.444. The number of nitrogens with one attached hydrogen (secondary N) is 1. The molecule has 0 bridgehead atoms. The van der Waals surface area contributed by atoms with Gasteiger partial charge in [0.05, 0.1) is 17.3 Å². The molecular formula is C18H24N6O2. The molecule has 0 spiro atoms. The smallest absolute Gasteiger partial charge is 0.274 e. The number of nitro groups is 1. The summed E-state index contributed by atoms with van der Waals surface area (Å²) in [5.41, 5.74) is 0.772. The summed E-state index contributed by atoms with van der Waals surface area (Å²) in [5, 5.41) is 14.5. The summed E-state index contributed by atoms with van der Waals surface area (Å²) in [6.07, 6.45) is 6.70. The molecule has 0 radical (unpaired) electrons. The third-order valence-electron chi connectivity index (χ3n) is 4.96. The fourth-order valence-corrected chi connectivity index (χ4v) is 3.44. The van der Waals surface area contributed by atoms with Gasteiger partial charge in [0.2, 0.25) is 0 Å². The van der Waals surface area contributed by atoms with Gasteiger partial charge in [-0.2, -0.15) is 0 Å². The number of benzene rings is 1. The molecule has 2 heterocycles. The van der Waals surface area contributed by atoms with E-state index in [4.69, 9.17) is 0 Å². The van der Waals surface area contributed by atoms with Gasteiger partial charge in [0, 0.05) is 50.7 Å². The van der Waals surface area contributed by atoms with E-state index in [1.54, 1.807) is 25.4 Å². The Hall–Kier alpha value is -2.90. The molecule has 0 amide bonds. The summed E-state index contributed by atoms with van der Waals surface area (Å²) < 4.78 is 2.14. The van der Waals surface area contributed by atoms with E-state index >= 15 is 0 Å². The molecule has 2 atom stereocenters. The van der Waals surface area contributed by atoms with E-state index in [1.807, 2.05) is 18.6 Å². The molecule has 3 rings (SSSR count). The van der Waals surface area contributed by atoms with Crippen molar-refractivity contribution in [2.75, 3.05) is 20.1 Å². The summed E-state index contributed by atoms with van der Waals surface area (Å²) in [4.78, 5) is 21.6. The Morgan fingerprint density at radius 2 is 2.27 bits per heavy atom. The number of imidazole rings is 1. The maximum atomic E-state index is 11.2. The molecule has 1 saturated heterocycles. The average Bonchev–Trinajstić information content (AvgIpc) is 3.18. The number of guanidine groups is 1. The summed E-state index contributed by atoms with van der Waals surface area (Å²) >= 11 is 0. The molecule has 0 saturated carbocycles. The van der Waals surface area contributed by atoms with E-state index in [9.17, 15) is 10.1 Å². The van der Waals surface area contributed by atoms with Gasteiger partial charge in [-0.1, -0.05) is 25.1 Å². The highest BCUT2D eigenvalue weighted by Crippen LogP contribution is 2.27. The first-order valence-corrected chi connectivity index (χ1v) is 8.75. The molecule has 8 nitrogen and oxygen atoms in total. The minimum atomic E-state index is -0.350. The highest BCUT2D eigenvalue weighted by molar-refractivity contribution is 5.80. The van der Waals surface area contributed by atoms with Crippen molar-refractivity contribution in [3.05, 3.63) is 58.7 Å². The molecular weight excluding hydrogens is 332 g/mol. The van der Waals surface area contributed by atoms with Crippen LogP contribution in [0, 0.1) is 16.0 Å². The van der Waals surface area contributed by atoms with Gasteiger partial charge in [0.15, 0.2) is 5.96 Å². The number of nitrogens with zero attached hydrogens (tertiary/aromatic N) is 5. The third-order valence-corrected chi connectivity index (χ3v) is 4.96. The summed E-state index contributed by atoms with van der Waals surface area (Å²) in [5.74, 6) is 1.31. The van der Waals surface area contributed by atoms with E-state index in [2.05, 4.69) is 31.7 Å². The number of likely N-dealkylation sites (tertiary alicyclic amines) is 1. The quantitative estimate of drug-likeness (QED) is 0.393. The number of para-hydroxylation sites is 1. The van der Waals surface area contributed by atoms with Crippen molar-refractivity contribution in [3.8, 4) is 0 Å². The van der Waals surface area contributed by atoms with Crippen molar-refractivity contribution in [2.24, 2.45) is 10.9 Å². The van der Waals surface area contributed by atoms with Crippen LogP contribution < -0.4 is 5.32 Å². The van der Waals surface area contributed by atoms with Gasteiger partial charge in [0.25, 0.3) is 5.69 Å². The molecule has 138 valence electrons. The lowest BCUT2D eigenvalue weighted by Crippen LogP contribution is -2.48. The number of aliphatic imine (C=N–C) groups is 1. The third kappa shape index (κ3) is 3.84. The first-order valence-electron chi connectivity index (χ1n) is 8.75. The predicted octanol–water partition coefficient (Wildman–Crippen LogP) is 2.45. The largest absolute Gasteiger partial charge is 0.352 e. The van der Waals surface area contributed by atoms with Crippen LogP contribution in [-0.2, 0) is 6.54 Å². The van der Waals surface area contributed by atoms with Crippen molar-refractivity contribution in [1.82, 2.24) is 19.8 Å². The zero-order valence-corrected chi connectivity index (χ0v) is 15.1. The molecule has 1 aliphatic heterocycles. The lowest BCUT2D eigenvalue weighted by Gasteiger charge is -2.39. The minimum absolute atomic E-state index is 0.124. The van der Waals surface area contributed by atoms with Crippen molar-refractivity contribution >= 4 is 11.6 Å². The first-order chi connectivity index (χ1) is 12.6. The molecule has 1 N–H and O–H groups in total. The van der Waals surface area contributed by atoms with Crippen LogP contribution in [0.3, 0.4) is 0 Å². The van der Waals surface area contributed by atoms with Crippen LogP contribution in [0.4, 0.5) is 5.69 Å². The second-order valence-corrected chi connectivity index (χ2v) is 6.58. The Morgan fingerprint density at radius 3 is 2.96 bits per heavy atom. The van der Waals surface area contributed by atoms with Crippen LogP contribution >= 0.6 is 0 Å². The number of hydrogen-bond donors (Lipinski definition) is 1. The number of hydrogen-bond acceptors (Lipinski definition) is 4. The van der Waals surface area contributed by atoms with E-state index < -0.39 is 0 Å². The molecule has 1 aliphatic rings. The average molecular weight is 356 g/mol. The van der Waals surface area contributed by atoms with Gasteiger partial charge in [-0.15, -0.1) is 0 Å². The van der Waals surface area contributed by atoms with Gasteiger partial charge < -0.3 is 14.8 Å². The van der Waals surface area contributed by atoms with E-state index in [1.165, 1.54) is 6.07 Å². The second-order valence-electron chi connectivity index (χ2n) is 6.58. The summed E-state index contributed by atoms with van der Waals surface area (Å²) in [7, 11) is 1.74. The lowest BCUT2D eigenvalue weighted by atomic mass is 9.93. The van der Waals surface area contributed by atoms with Crippen molar-refractivity contribution in [2.45, 2.75) is 25.9 Å². The zero-order chi connectivity index (χ0) is 18.5. The Morgan fingerprint density at radius 1 is 1.46 bits per heavy atom. The van der Waals surface area contributed by atoms with E-state index in [0.717, 1.165) is 25.5 Å². The Balaban J connectivity index is 1.69. The maximum absolute atomic E-state index is 11.2. The van der Waals surface area contributed by atoms with Gasteiger partial charge >= 0.3 is 0 Å². The maximum Gasteiger partial charge on any atom is 0.274 e. The standard InChI is InChI=1S/C18H24N6O2/c1-14-7-9-22(12-17(14)23-10-8-20-13-23)18(19-2)21-11-15-5-3-4-6-16(15)24(25)26/h3-6,8,10,13-14,17H,7,9,11-12H2,1-2H3,(H,19,21). The molecule has 1 fully saturated rings. The SMILES string of the molecule is CN=C(NCc1ccccc1[N+](=O)[O-])N1CCC(C)C(n2ccnc2)C1. The van der Waals surface area contributed by atoms with Crippen LogP contribution in [0.2, 0.25) is 0 Å². The topological polar surface area (TPSA) is 88.6 Å². The Kier molecular flexibility index (Phi) is 5.50. The summed E-state index contributed by atoms with van der Waals surface area (Å²) in [6.45, 7) is 4.36. The zero-order valence-electron chi connectivity index (χ0n) is 15.1.